The normalized spacial score (nSPS) is 27.0. The van der Waals surface area contributed by atoms with Crippen molar-refractivity contribution in [2.75, 3.05) is 7.05 Å². The lowest BCUT2D eigenvalue weighted by atomic mass is 10.2. The number of thiophene rings is 1. The Labute approximate surface area is 94.4 Å². The van der Waals surface area contributed by atoms with Crippen molar-refractivity contribution in [3.8, 4) is 0 Å². The predicted molar refractivity (Wildman–Crippen MR) is 62.0 cm³/mol. The van der Waals surface area contributed by atoms with Gasteiger partial charge in [0.1, 0.15) is 4.21 Å². The van der Waals surface area contributed by atoms with Crippen LogP contribution in [0.5, 0.6) is 0 Å². The molecule has 1 aromatic rings. The summed E-state index contributed by atoms with van der Waals surface area (Å²) in [7, 11) is -1.26. The van der Waals surface area contributed by atoms with Crippen LogP contribution in [0.15, 0.2) is 21.7 Å². The van der Waals surface area contributed by atoms with E-state index >= 15 is 0 Å². The van der Waals surface area contributed by atoms with Crippen LogP contribution >= 0.6 is 11.3 Å². The van der Waals surface area contributed by atoms with E-state index in [0.29, 0.717) is 4.21 Å². The van der Waals surface area contributed by atoms with E-state index in [1.807, 2.05) is 12.4 Å². The van der Waals surface area contributed by atoms with Crippen LogP contribution in [0.1, 0.15) is 19.3 Å². The first-order chi connectivity index (χ1) is 7.16. The summed E-state index contributed by atoms with van der Waals surface area (Å²) in [4.78, 5) is 0. The van der Waals surface area contributed by atoms with Gasteiger partial charge in [-0.15, -0.1) is 11.3 Å². The molecule has 0 spiro atoms. The third-order valence-corrected chi connectivity index (χ3v) is 6.70. The molecule has 3 nitrogen and oxygen atoms in total. The summed E-state index contributed by atoms with van der Waals surface area (Å²) in [5.74, 6) is 0. The Morgan fingerprint density at radius 2 is 2.27 bits per heavy atom. The number of sulfone groups is 1. The van der Waals surface area contributed by atoms with Crippen LogP contribution in [-0.4, -0.2) is 26.8 Å². The molecule has 0 aliphatic heterocycles. The fourth-order valence-electron chi connectivity index (χ4n) is 2.20. The van der Waals surface area contributed by atoms with E-state index in [-0.39, 0.29) is 11.3 Å². The molecule has 84 valence electrons. The van der Waals surface area contributed by atoms with Crippen LogP contribution in [0.25, 0.3) is 0 Å². The smallest absolute Gasteiger partial charge is 0.192 e. The molecule has 1 aromatic heterocycles. The maximum Gasteiger partial charge on any atom is 0.192 e. The summed E-state index contributed by atoms with van der Waals surface area (Å²) in [6.45, 7) is 0. The van der Waals surface area contributed by atoms with E-state index in [1.54, 1.807) is 12.1 Å². The Morgan fingerprint density at radius 1 is 1.47 bits per heavy atom. The lowest BCUT2D eigenvalue weighted by molar-refractivity contribution is 0.539. The molecule has 5 heteroatoms. The highest BCUT2D eigenvalue weighted by Gasteiger charge is 2.37. The van der Waals surface area contributed by atoms with Crippen molar-refractivity contribution in [1.29, 1.82) is 0 Å². The molecule has 2 rings (SSSR count). The van der Waals surface area contributed by atoms with E-state index < -0.39 is 9.84 Å². The zero-order valence-electron chi connectivity index (χ0n) is 8.64. The highest BCUT2D eigenvalue weighted by Crippen LogP contribution is 2.31. The number of hydrogen-bond donors (Lipinski definition) is 1. The highest BCUT2D eigenvalue weighted by atomic mass is 32.2. The standard InChI is InChI=1S/C10H15NO2S2/c1-11-8-4-2-5-9(8)15(12,13)10-6-3-7-14-10/h3,6-9,11H,2,4-5H2,1H3. The first-order valence-electron chi connectivity index (χ1n) is 5.11. The number of nitrogens with one attached hydrogen (secondary N) is 1. The summed E-state index contributed by atoms with van der Waals surface area (Å²) in [5, 5.41) is 4.69. The van der Waals surface area contributed by atoms with Gasteiger partial charge in [-0.1, -0.05) is 12.5 Å². The van der Waals surface area contributed by atoms with Gasteiger partial charge in [0.15, 0.2) is 9.84 Å². The Morgan fingerprint density at radius 3 is 2.87 bits per heavy atom. The molecule has 1 heterocycles. The average molecular weight is 245 g/mol. The molecule has 2 unspecified atom stereocenters. The third kappa shape index (κ3) is 1.96. The van der Waals surface area contributed by atoms with Crippen LogP contribution in [0.2, 0.25) is 0 Å². The molecule has 0 bridgehead atoms. The van der Waals surface area contributed by atoms with Gasteiger partial charge in [-0.25, -0.2) is 8.42 Å². The number of rotatable bonds is 3. The molecular weight excluding hydrogens is 230 g/mol. The summed E-state index contributed by atoms with van der Waals surface area (Å²) < 4.78 is 25.0. The van der Waals surface area contributed by atoms with Crippen molar-refractivity contribution in [1.82, 2.24) is 5.32 Å². The van der Waals surface area contributed by atoms with Crippen LogP contribution in [0.4, 0.5) is 0 Å². The molecule has 0 saturated heterocycles. The van der Waals surface area contributed by atoms with Gasteiger partial charge in [0.25, 0.3) is 0 Å². The van der Waals surface area contributed by atoms with Gasteiger partial charge >= 0.3 is 0 Å². The van der Waals surface area contributed by atoms with Gasteiger partial charge < -0.3 is 5.32 Å². The van der Waals surface area contributed by atoms with Crippen molar-refractivity contribution in [2.45, 2.75) is 34.8 Å². The molecule has 1 N–H and O–H groups in total. The Bertz CT molecular complexity index is 411. The van der Waals surface area contributed by atoms with Gasteiger partial charge in [-0.05, 0) is 31.3 Å². The van der Waals surface area contributed by atoms with E-state index in [0.717, 1.165) is 19.3 Å². The minimum Gasteiger partial charge on any atom is -0.316 e. The fourth-order valence-corrected chi connectivity index (χ4v) is 5.47. The molecule has 1 aliphatic carbocycles. The van der Waals surface area contributed by atoms with E-state index in [2.05, 4.69) is 5.32 Å². The summed E-state index contributed by atoms with van der Waals surface area (Å²) >= 11 is 1.31. The fraction of sp³-hybridized carbons (Fsp3) is 0.600. The largest absolute Gasteiger partial charge is 0.316 e. The average Bonchev–Trinajstić information content (AvgIpc) is 2.89. The quantitative estimate of drug-likeness (QED) is 0.881. The van der Waals surface area contributed by atoms with Gasteiger partial charge in [-0.3, -0.25) is 0 Å². The zero-order valence-corrected chi connectivity index (χ0v) is 10.3. The second-order valence-corrected chi connectivity index (χ2v) is 7.18. The van der Waals surface area contributed by atoms with Crippen molar-refractivity contribution >= 4 is 21.2 Å². The Balaban J connectivity index is 2.30. The van der Waals surface area contributed by atoms with Crippen LogP contribution in [0, 0.1) is 0 Å². The minimum absolute atomic E-state index is 0.122. The van der Waals surface area contributed by atoms with Crippen LogP contribution in [0.3, 0.4) is 0 Å². The van der Waals surface area contributed by atoms with Crippen molar-refractivity contribution in [2.24, 2.45) is 0 Å². The molecule has 0 amide bonds. The molecule has 1 aliphatic rings. The van der Waals surface area contributed by atoms with Crippen molar-refractivity contribution in [3.63, 3.8) is 0 Å². The molecule has 0 aromatic carbocycles. The highest BCUT2D eigenvalue weighted by molar-refractivity contribution is 7.94. The second kappa shape index (κ2) is 4.23. The van der Waals surface area contributed by atoms with Crippen LogP contribution in [-0.2, 0) is 9.84 Å². The van der Waals surface area contributed by atoms with Crippen LogP contribution < -0.4 is 5.32 Å². The van der Waals surface area contributed by atoms with E-state index in [9.17, 15) is 8.42 Å². The monoisotopic (exact) mass is 245 g/mol. The predicted octanol–water partition coefficient (Wildman–Crippen LogP) is 1.66. The molecular formula is C10H15NO2S2. The van der Waals surface area contributed by atoms with Crippen molar-refractivity contribution < 1.29 is 8.42 Å². The molecule has 2 atom stereocenters. The third-order valence-electron chi connectivity index (χ3n) is 3.00. The Hall–Kier alpha value is -0.390. The van der Waals surface area contributed by atoms with Gasteiger partial charge in [0.2, 0.25) is 0 Å². The zero-order chi connectivity index (χ0) is 10.9. The lowest BCUT2D eigenvalue weighted by Gasteiger charge is -2.18. The van der Waals surface area contributed by atoms with Gasteiger partial charge in [-0.2, -0.15) is 0 Å². The van der Waals surface area contributed by atoms with E-state index in [4.69, 9.17) is 0 Å². The first-order valence-corrected chi connectivity index (χ1v) is 7.53. The molecule has 1 saturated carbocycles. The topological polar surface area (TPSA) is 46.2 Å². The summed E-state index contributed by atoms with van der Waals surface area (Å²) in [6.07, 6.45) is 2.75. The van der Waals surface area contributed by atoms with Gasteiger partial charge in [0, 0.05) is 6.04 Å². The van der Waals surface area contributed by atoms with Gasteiger partial charge in [0.05, 0.1) is 5.25 Å². The minimum atomic E-state index is -3.10. The summed E-state index contributed by atoms with van der Waals surface area (Å²) in [5.41, 5.74) is 0. The summed E-state index contributed by atoms with van der Waals surface area (Å²) in [6, 6.07) is 3.61. The second-order valence-electron chi connectivity index (χ2n) is 3.84. The molecule has 15 heavy (non-hydrogen) atoms. The SMILES string of the molecule is CNC1CCCC1S(=O)(=O)c1cccs1. The maximum atomic E-state index is 12.2. The molecule has 0 radical (unpaired) electrons. The van der Waals surface area contributed by atoms with Crippen molar-refractivity contribution in [3.05, 3.63) is 17.5 Å². The Kier molecular flexibility index (Phi) is 3.13. The molecule has 1 fully saturated rings. The maximum absolute atomic E-state index is 12.2. The lowest BCUT2D eigenvalue weighted by Crippen LogP contribution is -2.38. The van der Waals surface area contributed by atoms with E-state index in [1.165, 1.54) is 11.3 Å². The first kappa shape index (κ1) is 11.1. The number of hydrogen-bond acceptors (Lipinski definition) is 4.